The first-order valence-electron chi connectivity index (χ1n) is 44.2. The third kappa shape index (κ3) is 69.0. The van der Waals surface area contributed by atoms with Crippen molar-refractivity contribution in [3.8, 4) is 0 Å². The van der Waals surface area contributed by atoms with Crippen LogP contribution >= 0.6 is 0 Å². The zero-order valence-corrected chi connectivity index (χ0v) is 93.5. The second-order valence-corrected chi connectivity index (χ2v) is 45.1. The Bertz CT molecular complexity index is 3230. The van der Waals surface area contributed by atoms with Gasteiger partial charge in [-0.1, -0.05) is 274 Å². The first kappa shape index (κ1) is 158. The standard InChI is InChI=1S/2C26H54O16S5.14C2H6/c2*1-9-12-24(4,21-40-16-19-44(29,30)26(6,14-11-3)23-42-47(35,36)38-8)43(27,28)18-15-39-22-25(5,13-10-2)45(31,32)20-17-41-46(33,34)37-7;14*1-2/h2*9-23H2,1-8H3;14*1-2H3/t2*24-,25-,26-;;;;;;;;;;;;;;/m00............../s1. The fourth-order valence-electron chi connectivity index (χ4n) is 9.46. The summed E-state index contributed by atoms with van der Waals surface area (Å²) in [6, 6.07) is 0. The normalized spacial score (nSPS) is 14.2. The van der Waals surface area contributed by atoms with Crippen LogP contribution < -0.4 is 0 Å². The van der Waals surface area contributed by atoms with Gasteiger partial charge in [-0.05, 0) is 80.1 Å². The van der Waals surface area contributed by atoms with Gasteiger partial charge in [0.05, 0.1) is 171 Å². The van der Waals surface area contributed by atoms with Gasteiger partial charge in [0.1, 0.15) is 0 Å². The van der Waals surface area contributed by atoms with Crippen molar-refractivity contribution in [2.75, 3.05) is 142 Å². The molecule has 0 fully saturated rings. The second-order valence-electron chi connectivity index (χ2n) is 23.8. The number of sulfone groups is 6. The highest BCUT2D eigenvalue weighted by molar-refractivity contribution is 7.94. The average molecular weight is 1990 g/mol. The van der Waals surface area contributed by atoms with Crippen LogP contribution in [0.5, 0.6) is 0 Å². The Kier molecular flexibility index (Phi) is 117. The lowest BCUT2D eigenvalue weighted by Gasteiger charge is -2.31. The van der Waals surface area contributed by atoms with Gasteiger partial charge >= 0.3 is 41.6 Å². The molecule has 122 heavy (non-hydrogen) atoms. The molecule has 0 aromatic carbocycles. The van der Waals surface area contributed by atoms with E-state index in [-0.39, 0.29) is 91.4 Å². The summed E-state index contributed by atoms with van der Waals surface area (Å²) in [7, 11) is -37.5. The van der Waals surface area contributed by atoms with E-state index < -0.39 is 190 Å². The predicted octanol–water partition coefficient (Wildman–Crippen LogP) is 17.9. The minimum atomic E-state index is -4.37. The molecule has 0 radical (unpaired) electrons. The minimum absolute atomic E-state index is 0.0958. The molecule has 0 aliphatic carbocycles. The van der Waals surface area contributed by atoms with Crippen LogP contribution in [0, 0.1) is 0 Å². The maximum absolute atomic E-state index is 13.4. The molecule has 0 spiro atoms. The predicted molar refractivity (Wildman–Crippen MR) is 512 cm³/mol. The second kappa shape index (κ2) is 90.6. The van der Waals surface area contributed by atoms with Gasteiger partial charge < -0.3 is 18.9 Å². The molecular weight excluding hydrogens is 1790 g/mol. The van der Waals surface area contributed by atoms with Gasteiger partial charge in [0.15, 0.2) is 59.0 Å². The van der Waals surface area contributed by atoms with E-state index in [2.05, 4.69) is 25.1 Å². The van der Waals surface area contributed by atoms with Gasteiger partial charge in [0.2, 0.25) is 0 Å². The van der Waals surface area contributed by atoms with E-state index in [9.17, 15) is 84.2 Å². The number of hydrogen-bond acceptors (Lipinski definition) is 32. The largest absolute Gasteiger partial charge is 0.399 e. The topological polar surface area (TPSA) is 452 Å². The summed E-state index contributed by atoms with van der Waals surface area (Å²) in [6.45, 7) is 69.7. The molecule has 6 atom stereocenters. The molecule has 0 aromatic rings. The summed E-state index contributed by atoms with van der Waals surface area (Å²) in [5.41, 5.74) is 0. The third-order valence-electron chi connectivity index (χ3n) is 15.8. The van der Waals surface area contributed by atoms with Crippen LogP contribution in [0.1, 0.15) is 354 Å². The smallest absolute Gasteiger partial charge is 0.379 e. The van der Waals surface area contributed by atoms with Crippen molar-refractivity contribution in [1.29, 1.82) is 0 Å². The molecular formula is C80H192O32S10. The zero-order chi connectivity index (χ0) is 102. The van der Waals surface area contributed by atoms with E-state index in [0.29, 0.717) is 38.5 Å². The molecule has 42 heteroatoms. The lowest BCUT2D eigenvalue weighted by Crippen LogP contribution is -2.45. The van der Waals surface area contributed by atoms with Gasteiger partial charge in [0, 0.05) is 0 Å². The Morgan fingerprint density at radius 1 is 0.180 bits per heavy atom. The monoisotopic (exact) mass is 1990 g/mol. The minimum Gasteiger partial charge on any atom is -0.379 e. The fraction of sp³-hybridized carbons (Fsp3) is 1.00. The highest BCUT2D eigenvalue weighted by atomic mass is 32.3. The van der Waals surface area contributed by atoms with Crippen LogP contribution in [-0.4, -0.2) is 255 Å². The van der Waals surface area contributed by atoms with Gasteiger partial charge in [-0.3, -0.25) is 16.7 Å². The van der Waals surface area contributed by atoms with Gasteiger partial charge in [-0.2, -0.15) is 33.7 Å². The highest BCUT2D eigenvalue weighted by Crippen LogP contribution is 2.32. The molecule has 0 amide bonds. The van der Waals surface area contributed by atoms with Crippen molar-refractivity contribution >= 4 is 101 Å². The maximum atomic E-state index is 13.4. The van der Waals surface area contributed by atoms with Crippen LogP contribution in [0.25, 0.3) is 0 Å². The average Bonchev–Trinajstić information content (AvgIpc) is 0.810. The number of rotatable bonds is 56. The first-order chi connectivity index (χ1) is 56.8. The van der Waals surface area contributed by atoms with Gasteiger partial charge in [-0.25, -0.2) is 67.2 Å². The summed E-state index contributed by atoms with van der Waals surface area (Å²) in [5, 5.41) is 0. The Balaban J connectivity index is -0.000000102. The molecule has 0 rings (SSSR count). The molecule has 0 bridgehead atoms. The van der Waals surface area contributed by atoms with Gasteiger partial charge in [-0.15, -0.1) is 0 Å². The summed E-state index contributed by atoms with van der Waals surface area (Å²) < 4.78 is 299. The first-order valence-corrected chi connectivity index (χ1v) is 59.5. The number of hydrogen-bond donors (Lipinski definition) is 0. The lowest BCUT2D eigenvalue weighted by molar-refractivity contribution is 0.115. The molecule has 0 saturated heterocycles. The van der Waals surface area contributed by atoms with Gasteiger partial charge in [0.25, 0.3) is 0 Å². The fourth-order valence-corrected chi connectivity index (χ4v) is 21.1. The Morgan fingerprint density at radius 3 is 0.418 bits per heavy atom. The molecule has 0 aliphatic rings. The Labute approximate surface area is 756 Å². The van der Waals surface area contributed by atoms with Crippen LogP contribution in [0.15, 0.2) is 0 Å². The molecule has 32 nitrogen and oxygen atoms in total. The molecule has 0 heterocycles. The van der Waals surface area contributed by atoms with E-state index >= 15 is 0 Å². The third-order valence-corrected chi connectivity index (χ3v) is 34.3. The summed E-state index contributed by atoms with van der Waals surface area (Å²) in [4.78, 5) is 0. The van der Waals surface area contributed by atoms with Crippen LogP contribution in [-0.2, 0) is 153 Å². The van der Waals surface area contributed by atoms with E-state index in [1.54, 1.807) is 41.5 Å². The van der Waals surface area contributed by atoms with E-state index in [4.69, 9.17) is 27.3 Å². The van der Waals surface area contributed by atoms with E-state index in [1.807, 2.05) is 194 Å². The van der Waals surface area contributed by atoms with Crippen LogP contribution in [0.2, 0.25) is 0 Å². The van der Waals surface area contributed by atoms with Crippen molar-refractivity contribution in [2.45, 2.75) is 382 Å². The van der Waals surface area contributed by atoms with Crippen molar-refractivity contribution in [3.05, 3.63) is 0 Å². The molecule has 0 aliphatic heterocycles. The maximum Gasteiger partial charge on any atom is 0.399 e. The van der Waals surface area contributed by atoms with Crippen LogP contribution in [0.4, 0.5) is 0 Å². The summed E-state index contributed by atoms with van der Waals surface area (Å²) >= 11 is 0. The van der Waals surface area contributed by atoms with E-state index in [0.717, 1.165) is 28.4 Å². The van der Waals surface area contributed by atoms with Crippen molar-refractivity contribution < 1.29 is 137 Å². The Hall–Kier alpha value is -0.980. The summed E-state index contributed by atoms with van der Waals surface area (Å²) in [6.07, 6.45) is 3.55. The zero-order valence-electron chi connectivity index (χ0n) is 85.4. The van der Waals surface area contributed by atoms with E-state index in [1.165, 1.54) is 41.5 Å². The Morgan fingerprint density at radius 2 is 0.295 bits per heavy atom. The quantitative estimate of drug-likeness (QED) is 0.0510. The molecule has 0 unspecified atom stereocenters. The SMILES string of the molecule is CC.CC.CC.CC.CC.CC.CC.CC.CC.CC.CC.CC.CC.CC.CCC[C@@](C)(COCCS(=O)(=O)[C@@](C)(CCC)COS(=O)(=O)OC)S(=O)(=O)CCOC[C@](C)(CCC)S(=O)(=O)CCOS(=O)(=O)OC.CCC[C@@](C)(COCCS(=O)(=O)[C@@](C)(CCC)COS(=O)(=O)OC)S(=O)(=O)CCOC[C@](C)(CCC)S(=O)(=O)CCOS(=O)(=O)OC. The molecule has 0 saturated carbocycles. The molecule has 0 aromatic heterocycles. The van der Waals surface area contributed by atoms with Crippen LogP contribution in [0.3, 0.4) is 0 Å². The summed E-state index contributed by atoms with van der Waals surface area (Å²) in [5.74, 6) is -3.24. The number of ether oxygens (including phenoxy) is 4. The van der Waals surface area contributed by atoms with Crippen molar-refractivity contribution in [1.82, 2.24) is 0 Å². The molecule has 764 valence electrons. The van der Waals surface area contributed by atoms with Crippen molar-refractivity contribution in [2.24, 2.45) is 0 Å². The lowest BCUT2D eigenvalue weighted by atomic mass is 10.1. The highest BCUT2D eigenvalue weighted by Gasteiger charge is 2.46. The molecule has 0 N–H and O–H groups in total. The van der Waals surface area contributed by atoms with Crippen molar-refractivity contribution in [3.63, 3.8) is 0 Å².